The van der Waals surface area contributed by atoms with E-state index in [1.54, 1.807) is 19.2 Å². The molecule has 0 saturated carbocycles. The van der Waals surface area contributed by atoms with Gasteiger partial charge in [0.2, 0.25) is 0 Å². The maximum atomic E-state index is 12.4. The average molecular weight is 376 g/mol. The lowest BCUT2D eigenvalue weighted by Gasteiger charge is -2.10. The number of nitrogens with two attached hydrogens (primary N) is 1. The van der Waals surface area contributed by atoms with Crippen molar-refractivity contribution in [1.29, 1.82) is 0 Å². The number of benzene rings is 2. The number of anilines is 2. The summed E-state index contributed by atoms with van der Waals surface area (Å²) in [7, 11) is 1.58. The molecule has 0 aliphatic rings. The SMILES string of the molecule is COCc1ccc(C(=O)NCc2ccc(NCc3ccccc3)cc2)c(N)n1. The minimum atomic E-state index is -0.250. The molecular formula is C22H24N4O2. The zero-order valence-electron chi connectivity index (χ0n) is 15.8. The number of pyridine rings is 1. The van der Waals surface area contributed by atoms with Crippen molar-refractivity contribution in [2.75, 3.05) is 18.2 Å². The Balaban J connectivity index is 1.52. The van der Waals surface area contributed by atoms with E-state index >= 15 is 0 Å². The molecule has 28 heavy (non-hydrogen) atoms. The van der Waals surface area contributed by atoms with Crippen LogP contribution in [-0.4, -0.2) is 18.0 Å². The molecule has 0 bridgehead atoms. The number of carbonyl (C=O) groups is 1. The molecule has 6 nitrogen and oxygen atoms in total. The zero-order chi connectivity index (χ0) is 19.8. The Labute approximate surface area is 164 Å². The number of amides is 1. The molecule has 0 radical (unpaired) electrons. The number of hydrogen-bond donors (Lipinski definition) is 3. The molecule has 4 N–H and O–H groups in total. The van der Waals surface area contributed by atoms with Crippen molar-refractivity contribution in [1.82, 2.24) is 10.3 Å². The van der Waals surface area contributed by atoms with Crippen LogP contribution in [0.4, 0.5) is 11.5 Å². The molecule has 1 amide bonds. The highest BCUT2D eigenvalue weighted by Crippen LogP contribution is 2.13. The van der Waals surface area contributed by atoms with Crippen LogP contribution in [-0.2, 0) is 24.4 Å². The summed E-state index contributed by atoms with van der Waals surface area (Å²) in [4.78, 5) is 16.5. The second kappa shape index (κ2) is 9.53. The number of ether oxygens (including phenoxy) is 1. The lowest BCUT2D eigenvalue weighted by atomic mass is 10.1. The second-order valence-corrected chi connectivity index (χ2v) is 6.39. The molecular weight excluding hydrogens is 352 g/mol. The number of aromatic nitrogens is 1. The van der Waals surface area contributed by atoms with Crippen molar-refractivity contribution in [3.8, 4) is 0 Å². The fraction of sp³-hybridized carbons (Fsp3) is 0.182. The van der Waals surface area contributed by atoms with Gasteiger partial charge in [0.15, 0.2) is 0 Å². The maximum Gasteiger partial charge on any atom is 0.255 e. The van der Waals surface area contributed by atoms with Gasteiger partial charge in [0.05, 0.1) is 17.9 Å². The van der Waals surface area contributed by atoms with Crippen molar-refractivity contribution in [3.05, 3.63) is 89.1 Å². The van der Waals surface area contributed by atoms with E-state index in [0.29, 0.717) is 24.4 Å². The number of nitrogens with one attached hydrogen (secondary N) is 2. The van der Waals surface area contributed by atoms with Gasteiger partial charge >= 0.3 is 0 Å². The molecule has 0 atom stereocenters. The smallest absolute Gasteiger partial charge is 0.255 e. The van der Waals surface area contributed by atoms with Crippen LogP contribution < -0.4 is 16.4 Å². The Bertz CT molecular complexity index is 912. The largest absolute Gasteiger partial charge is 0.383 e. The Hall–Kier alpha value is -3.38. The molecule has 0 saturated heterocycles. The molecule has 0 spiro atoms. The van der Waals surface area contributed by atoms with Crippen molar-refractivity contribution >= 4 is 17.4 Å². The van der Waals surface area contributed by atoms with E-state index in [1.165, 1.54) is 5.56 Å². The minimum Gasteiger partial charge on any atom is -0.383 e. The van der Waals surface area contributed by atoms with Gasteiger partial charge in [-0.15, -0.1) is 0 Å². The third-order valence-corrected chi connectivity index (χ3v) is 4.27. The van der Waals surface area contributed by atoms with Crippen LogP contribution >= 0.6 is 0 Å². The molecule has 0 fully saturated rings. The number of carbonyl (C=O) groups excluding carboxylic acids is 1. The third kappa shape index (κ3) is 5.31. The summed E-state index contributed by atoms with van der Waals surface area (Å²) in [6, 6.07) is 21.6. The second-order valence-electron chi connectivity index (χ2n) is 6.39. The Morgan fingerprint density at radius 2 is 1.68 bits per heavy atom. The van der Waals surface area contributed by atoms with Gasteiger partial charge in [0.1, 0.15) is 5.82 Å². The van der Waals surface area contributed by atoms with Crippen LogP contribution in [0.1, 0.15) is 27.2 Å². The van der Waals surface area contributed by atoms with Crippen molar-refractivity contribution in [2.45, 2.75) is 19.7 Å². The molecule has 1 heterocycles. The first kappa shape index (κ1) is 19.4. The van der Waals surface area contributed by atoms with Gasteiger partial charge in [-0.25, -0.2) is 4.98 Å². The van der Waals surface area contributed by atoms with E-state index in [4.69, 9.17) is 10.5 Å². The van der Waals surface area contributed by atoms with Crippen molar-refractivity contribution < 1.29 is 9.53 Å². The predicted octanol–water partition coefficient (Wildman–Crippen LogP) is 3.35. The van der Waals surface area contributed by atoms with Crippen LogP contribution in [0.5, 0.6) is 0 Å². The molecule has 1 aromatic heterocycles. The fourth-order valence-corrected chi connectivity index (χ4v) is 2.76. The first-order chi connectivity index (χ1) is 13.7. The molecule has 0 aliphatic heterocycles. The van der Waals surface area contributed by atoms with Gasteiger partial charge in [-0.3, -0.25) is 4.79 Å². The van der Waals surface area contributed by atoms with Crippen LogP contribution in [0.2, 0.25) is 0 Å². The molecule has 144 valence electrons. The van der Waals surface area contributed by atoms with Crippen molar-refractivity contribution in [2.24, 2.45) is 0 Å². The fourth-order valence-electron chi connectivity index (χ4n) is 2.76. The van der Waals surface area contributed by atoms with Gasteiger partial charge in [-0.2, -0.15) is 0 Å². The number of nitrogens with zero attached hydrogens (tertiary/aromatic N) is 1. The Morgan fingerprint density at radius 1 is 0.964 bits per heavy atom. The topological polar surface area (TPSA) is 89.3 Å². The Kier molecular flexibility index (Phi) is 6.59. The van der Waals surface area contributed by atoms with E-state index in [9.17, 15) is 4.79 Å². The van der Waals surface area contributed by atoms with E-state index in [1.807, 2.05) is 42.5 Å². The standard InChI is InChI=1S/C22H24N4O2/c1-28-15-19-11-12-20(21(23)26-19)22(27)25-14-17-7-9-18(10-8-17)24-13-16-5-3-2-4-6-16/h2-12,24H,13-15H2,1H3,(H2,23,26)(H,25,27). The van der Waals surface area contributed by atoms with Crippen LogP contribution in [0.15, 0.2) is 66.7 Å². The van der Waals surface area contributed by atoms with Gasteiger partial charge in [0.25, 0.3) is 5.91 Å². The van der Waals surface area contributed by atoms with E-state index < -0.39 is 0 Å². The van der Waals surface area contributed by atoms with Gasteiger partial charge in [-0.1, -0.05) is 42.5 Å². The predicted molar refractivity (Wildman–Crippen MR) is 111 cm³/mol. The summed E-state index contributed by atoms with van der Waals surface area (Å²) in [5, 5.41) is 6.25. The van der Waals surface area contributed by atoms with Gasteiger partial charge < -0.3 is 21.1 Å². The number of methoxy groups -OCH3 is 1. The highest BCUT2D eigenvalue weighted by atomic mass is 16.5. The van der Waals surface area contributed by atoms with Crippen LogP contribution in [0.3, 0.4) is 0 Å². The quantitative estimate of drug-likeness (QED) is 0.561. The summed E-state index contributed by atoms with van der Waals surface area (Å²) in [5.74, 6) is -0.0484. The summed E-state index contributed by atoms with van der Waals surface area (Å²) >= 11 is 0. The summed E-state index contributed by atoms with van der Waals surface area (Å²) in [6.07, 6.45) is 0. The monoisotopic (exact) mass is 376 g/mol. The summed E-state index contributed by atoms with van der Waals surface area (Å²) in [6.45, 7) is 1.54. The molecule has 3 rings (SSSR count). The normalized spacial score (nSPS) is 10.5. The van der Waals surface area contributed by atoms with E-state index in [2.05, 4.69) is 27.8 Å². The van der Waals surface area contributed by atoms with Crippen LogP contribution in [0.25, 0.3) is 0 Å². The number of nitrogen functional groups attached to an aromatic ring is 1. The zero-order valence-corrected chi connectivity index (χ0v) is 15.8. The summed E-state index contributed by atoms with van der Waals surface area (Å²) < 4.78 is 5.02. The Morgan fingerprint density at radius 3 is 2.36 bits per heavy atom. The van der Waals surface area contributed by atoms with E-state index in [-0.39, 0.29) is 11.7 Å². The summed E-state index contributed by atoms with van der Waals surface area (Å²) in [5.41, 5.74) is 10.2. The molecule has 0 unspecified atom stereocenters. The number of rotatable bonds is 8. The van der Waals surface area contributed by atoms with E-state index in [0.717, 1.165) is 17.8 Å². The molecule has 2 aromatic carbocycles. The maximum absolute atomic E-state index is 12.4. The average Bonchev–Trinajstić information content (AvgIpc) is 2.72. The van der Waals surface area contributed by atoms with Crippen LogP contribution in [0, 0.1) is 0 Å². The lowest BCUT2D eigenvalue weighted by molar-refractivity contribution is 0.0951. The lowest BCUT2D eigenvalue weighted by Crippen LogP contribution is -2.24. The number of hydrogen-bond acceptors (Lipinski definition) is 5. The molecule has 3 aromatic rings. The highest BCUT2D eigenvalue weighted by Gasteiger charge is 2.11. The first-order valence-electron chi connectivity index (χ1n) is 9.05. The highest BCUT2D eigenvalue weighted by molar-refractivity contribution is 5.98. The minimum absolute atomic E-state index is 0.201. The van der Waals surface area contributed by atoms with Crippen molar-refractivity contribution in [3.63, 3.8) is 0 Å². The molecule has 6 heteroatoms. The van der Waals surface area contributed by atoms with Gasteiger partial charge in [0, 0.05) is 25.9 Å². The first-order valence-corrected chi connectivity index (χ1v) is 9.05. The third-order valence-electron chi connectivity index (χ3n) is 4.27. The van der Waals surface area contributed by atoms with Gasteiger partial charge in [-0.05, 0) is 35.4 Å². The molecule has 0 aliphatic carbocycles.